The average Bonchev–Trinajstić information content (AvgIpc) is 2.86. The van der Waals surface area contributed by atoms with Crippen LogP contribution in [0, 0.1) is 11.8 Å². The second-order valence-electron chi connectivity index (χ2n) is 8.99. The third kappa shape index (κ3) is 4.02. The van der Waals surface area contributed by atoms with Crippen molar-refractivity contribution in [2.45, 2.75) is 18.9 Å². The van der Waals surface area contributed by atoms with Crippen LogP contribution in [0.1, 0.15) is 29.3 Å². The minimum atomic E-state index is -1.53. The van der Waals surface area contributed by atoms with Gasteiger partial charge in [0.2, 0.25) is 0 Å². The summed E-state index contributed by atoms with van der Waals surface area (Å²) in [5.41, 5.74) is -0.351. The molecule has 0 radical (unpaired) electrons. The van der Waals surface area contributed by atoms with E-state index in [9.17, 15) is 14.7 Å². The summed E-state index contributed by atoms with van der Waals surface area (Å²) in [6.45, 7) is 1.42. The molecule has 1 aliphatic rings. The zero-order valence-corrected chi connectivity index (χ0v) is 19.0. The number of fused-ring (bicyclic) bond motifs is 2. The van der Waals surface area contributed by atoms with E-state index in [2.05, 4.69) is 0 Å². The quantitative estimate of drug-likeness (QED) is 0.236. The Morgan fingerprint density at radius 2 is 1.50 bits per heavy atom. The normalized spacial score (nSPS) is 22.1. The molecule has 0 unspecified atom stereocenters. The summed E-state index contributed by atoms with van der Waals surface area (Å²) in [6, 6.07) is 27.2. The number of ether oxygens (including phenoxy) is 1. The van der Waals surface area contributed by atoms with Crippen molar-refractivity contribution in [1.82, 2.24) is 0 Å². The number of aliphatic hydroxyl groups is 1. The van der Waals surface area contributed by atoms with Crippen LogP contribution in [-0.4, -0.2) is 23.5 Å². The highest BCUT2D eigenvalue weighted by Gasteiger charge is 2.47. The Hall–Kier alpha value is -3.76. The molecule has 0 aromatic heterocycles. The van der Waals surface area contributed by atoms with Crippen LogP contribution in [0.25, 0.3) is 21.5 Å². The van der Waals surface area contributed by atoms with Gasteiger partial charge in [-0.15, -0.1) is 0 Å². The van der Waals surface area contributed by atoms with Crippen molar-refractivity contribution in [3.8, 4) is 0 Å². The number of ketones is 1. The number of hydrogen-bond donors (Lipinski definition) is 1. The first-order valence-corrected chi connectivity index (χ1v) is 11.5. The van der Waals surface area contributed by atoms with Gasteiger partial charge in [0.05, 0.1) is 12.5 Å². The van der Waals surface area contributed by atoms with Crippen LogP contribution in [0.4, 0.5) is 0 Å². The van der Waals surface area contributed by atoms with Gasteiger partial charge in [0.15, 0.2) is 5.78 Å². The second-order valence-corrected chi connectivity index (χ2v) is 8.99. The maximum Gasteiger partial charge on any atom is 0.302 e. The van der Waals surface area contributed by atoms with Gasteiger partial charge in [0.25, 0.3) is 0 Å². The molecular weight excluding hydrogens is 424 g/mol. The van der Waals surface area contributed by atoms with Gasteiger partial charge in [0.1, 0.15) is 5.60 Å². The van der Waals surface area contributed by atoms with Crippen molar-refractivity contribution < 1.29 is 19.4 Å². The van der Waals surface area contributed by atoms with Gasteiger partial charge in [-0.05, 0) is 45.7 Å². The van der Waals surface area contributed by atoms with E-state index in [-0.39, 0.29) is 18.3 Å². The van der Waals surface area contributed by atoms with E-state index in [0.717, 1.165) is 21.5 Å². The lowest BCUT2D eigenvalue weighted by Crippen LogP contribution is -2.46. The zero-order valence-electron chi connectivity index (χ0n) is 19.0. The van der Waals surface area contributed by atoms with Gasteiger partial charge >= 0.3 is 5.97 Å². The summed E-state index contributed by atoms with van der Waals surface area (Å²) in [6.07, 6.45) is 4.14. The van der Waals surface area contributed by atoms with Crippen LogP contribution < -0.4 is 0 Å². The van der Waals surface area contributed by atoms with Gasteiger partial charge in [-0.25, -0.2) is 0 Å². The van der Waals surface area contributed by atoms with Gasteiger partial charge in [-0.2, -0.15) is 0 Å². The molecule has 0 fully saturated rings. The molecular formula is C30H26O4. The van der Waals surface area contributed by atoms with Crippen LogP contribution >= 0.6 is 0 Å². The second kappa shape index (κ2) is 8.88. The fraction of sp³-hybridized carbons (Fsp3) is 0.200. The molecule has 3 atom stereocenters. The number of carbonyl (C=O) groups excluding carboxylic acids is 2. The number of allylic oxidation sites excluding steroid dienone is 1. The molecule has 0 bridgehead atoms. The van der Waals surface area contributed by atoms with E-state index in [1.807, 2.05) is 91.0 Å². The summed E-state index contributed by atoms with van der Waals surface area (Å²) in [5.74, 6) is -1.73. The summed E-state index contributed by atoms with van der Waals surface area (Å²) >= 11 is 0. The fourth-order valence-electron chi connectivity index (χ4n) is 5.06. The Morgan fingerprint density at radius 3 is 2.18 bits per heavy atom. The molecule has 34 heavy (non-hydrogen) atoms. The highest BCUT2D eigenvalue weighted by molar-refractivity contribution is 6.02. The lowest BCUT2D eigenvalue weighted by atomic mass is 9.66. The van der Waals surface area contributed by atoms with E-state index in [4.69, 9.17) is 4.74 Å². The largest absolute Gasteiger partial charge is 0.466 e. The van der Waals surface area contributed by atoms with Crippen LogP contribution in [0.5, 0.6) is 0 Å². The summed E-state index contributed by atoms with van der Waals surface area (Å²) in [5, 5.41) is 16.1. The molecule has 0 aliphatic heterocycles. The maximum absolute atomic E-state index is 14.0. The molecule has 0 heterocycles. The average molecular weight is 451 g/mol. The van der Waals surface area contributed by atoms with E-state index in [1.54, 1.807) is 6.08 Å². The Labute approximate surface area is 198 Å². The van der Waals surface area contributed by atoms with Crippen LogP contribution in [0.15, 0.2) is 97.1 Å². The number of rotatable bonds is 5. The van der Waals surface area contributed by atoms with Crippen molar-refractivity contribution in [2.24, 2.45) is 11.8 Å². The van der Waals surface area contributed by atoms with Gasteiger partial charge in [0, 0.05) is 18.4 Å². The Morgan fingerprint density at radius 1 is 0.882 bits per heavy atom. The lowest BCUT2D eigenvalue weighted by Gasteiger charge is -2.41. The third-order valence-corrected chi connectivity index (χ3v) is 6.79. The standard InChI is InChI=1S/C30H26O4/c1-20(31)34-19-26-11-6-16-30(33,27-15-14-22-8-3-5-10-24(22)18-27)28(26)29(32)25-13-12-21-7-2-4-9-23(21)17-25/h2-10,12-18,26,28,33H,11,19H2,1H3/t26-,28+,30-/m0/s1. The van der Waals surface area contributed by atoms with E-state index >= 15 is 0 Å². The lowest BCUT2D eigenvalue weighted by molar-refractivity contribution is -0.144. The molecule has 170 valence electrons. The number of esters is 1. The van der Waals surface area contributed by atoms with Gasteiger partial charge in [-0.3, -0.25) is 9.59 Å². The first-order valence-electron chi connectivity index (χ1n) is 11.5. The van der Waals surface area contributed by atoms with Crippen LogP contribution in [0.2, 0.25) is 0 Å². The number of carbonyl (C=O) groups is 2. The minimum absolute atomic E-state index is 0.0690. The van der Waals surface area contributed by atoms with Crippen LogP contribution in [-0.2, 0) is 15.1 Å². The summed E-state index contributed by atoms with van der Waals surface area (Å²) in [7, 11) is 0. The molecule has 0 amide bonds. The number of Topliss-reactive ketones (excluding diaryl/α,β-unsaturated/α-hetero) is 1. The van der Waals surface area contributed by atoms with Gasteiger partial charge < -0.3 is 9.84 Å². The highest BCUT2D eigenvalue weighted by Crippen LogP contribution is 2.44. The first-order chi connectivity index (χ1) is 16.5. The molecule has 4 heteroatoms. The predicted molar refractivity (Wildman–Crippen MR) is 133 cm³/mol. The minimum Gasteiger partial charge on any atom is -0.466 e. The summed E-state index contributed by atoms with van der Waals surface area (Å²) in [4.78, 5) is 25.6. The van der Waals surface area contributed by atoms with Crippen molar-refractivity contribution in [3.05, 3.63) is 108 Å². The zero-order chi connectivity index (χ0) is 23.7. The van der Waals surface area contributed by atoms with Gasteiger partial charge in [-0.1, -0.05) is 84.9 Å². The fourth-order valence-corrected chi connectivity index (χ4v) is 5.06. The molecule has 4 aromatic carbocycles. The molecule has 5 rings (SSSR count). The van der Waals surface area contributed by atoms with E-state index in [0.29, 0.717) is 17.5 Å². The van der Waals surface area contributed by atoms with E-state index < -0.39 is 17.5 Å². The maximum atomic E-state index is 14.0. The SMILES string of the molecule is CC(=O)OC[C@@H]1CC=C[C@](O)(c2ccc3ccccc3c2)[C@H]1C(=O)c1ccc2ccccc2c1. The molecule has 1 aliphatic carbocycles. The number of hydrogen-bond acceptors (Lipinski definition) is 4. The van der Waals surface area contributed by atoms with Crippen molar-refractivity contribution in [3.63, 3.8) is 0 Å². The van der Waals surface area contributed by atoms with Crippen molar-refractivity contribution in [1.29, 1.82) is 0 Å². The molecule has 4 aromatic rings. The Balaban J connectivity index is 1.61. The first kappa shape index (κ1) is 22.1. The highest BCUT2D eigenvalue weighted by atomic mass is 16.5. The molecule has 0 saturated carbocycles. The molecule has 0 saturated heterocycles. The number of benzene rings is 4. The Bertz CT molecular complexity index is 1420. The van der Waals surface area contributed by atoms with E-state index in [1.165, 1.54) is 6.92 Å². The molecule has 0 spiro atoms. The third-order valence-electron chi connectivity index (χ3n) is 6.79. The van der Waals surface area contributed by atoms with Crippen molar-refractivity contribution >= 4 is 33.3 Å². The monoisotopic (exact) mass is 450 g/mol. The molecule has 4 nitrogen and oxygen atoms in total. The summed E-state index contributed by atoms with van der Waals surface area (Å²) < 4.78 is 5.33. The van der Waals surface area contributed by atoms with Crippen LogP contribution in [0.3, 0.4) is 0 Å². The molecule has 1 N–H and O–H groups in total. The Kier molecular flexibility index (Phi) is 5.76. The topological polar surface area (TPSA) is 63.6 Å². The van der Waals surface area contributed by atoms with Crippen molar-refractivity contribution in [2.75, 3.05) is 6.61 Å². The smallest absolute Gasteiger partial charge is 0.302 e. The predicted octanol–water partition coefficient (Wildman–Crippen LogP) is 5.82.